The third-order valence-electron chi connectivity index (χ3n) is 0.849. The molecule has 0 aromatic heterocycles. The first-order valence-corrected chi connectivity index (χ1v) is 3.32. The topological polar surface area (TPSA) is 12.4 Å². The van der Waals surface area contributed by atoms with E-state index in [0.29, 0.717) is 6.42 Å². The third kappa shape index (κ3) is 5.22. The highest BCUT2D eigenvalue weighted by molar-refractivity contribution is 5.71. The number of nitrogens with zero attached hydrogens (tertiary/aromatic N) is 1. The van der Waals surface area contributed by atoms with E-state index in [1.54, 1.807) is 12.2 Å². The molecule has 0 bridgehead atoms. The summed E-state index contributed by atoms with van der Waals surface area (Å²) < 4.78 is 12.4. The molecule has 0 aliphatic heterocycles. The molecule has 0 heterocycles. The van der Waals surface area contributed by atoms with Crippen LogP contribution in [0.3, 0.4) is 0 Å². The molecule has 0 spiro atoms. The van der Waals surface area contributed by atoms with Crippen LogP contribution in [0.4, 0.5) is 4.39 Å². The van der Waals surface area contributed by atoms with Crippen molar-refractivity contribution < 1.29 is 4.39 Å². The van der Waals surface area contributed by atoms with Crippen LogP contribution in [-0.4, -0.2) is 6.21 Å². The van der Waals surface area contributed by atoms with E-state index in [-0.39, 0.29) is 0 Å². The second kappa shape index (κ2) is 6.20. The highest BCUT2D eigenvalue weighted by Gasteiger charge is 1.81. The predicted molar refractivity (Wildman–Crippen MR) is 42.8 cm³/mol. The zero-order valence-electron chi connectivity index (χ0n) is 6.34. The molecular weight excluding hydrogens is 129 g/mol. The molecule has 0 N–H and O–H groups in total. The van der Waals surface area contributed by atoms with Gasteiger partial charge in [-0.2, -0.15) is 4.39 Å². The summed E-state index contributed by atoms with van der Waals surface area (Å²) in [6.07, 6.45) is 7.02. The summed E-state index contributed by atoms with van der Waals surface area (Å²) in [7, 11) is 0. The van der Waals surface area contributed by atoms with Crippen molar-refractivity contribution in [2.24, 2.45) is 4.99 Å². The van der Waals surface area contributed by atoms with Gasteiger partial charge < -0.3 is 0 Å². The minimum absolute atomic E-state index is 0.416. The highest BCUT2D eigenvalue weighted by atomic mass is 19.1. The lowest BCUT2D eigenvalue weighted by Crippen LogP contribution is -1.67. The Bertz CT molecular complexity index is 157. The van der Waals surface area contributed by atoms with Gasteiger partial charge in [0.15, 0.2) is 0 Å². The molecule has 0 aromatic rings. The third-order valence-corrected chi connectivity index (χ3v) is 0.849. The molecule has 0 saturated carbocycles. The Morgan fingerprint density at radius 3 is 2.80 bits per heavy atom. The van der Waals surface area contributed by atoms with Crippen LogP contribution in [0.1, 0.15) is 20.3 Å². The Balaban J connectivity index is 3.76. The van der Waals surface area contributed by atoms with Gasteiger partial charge in [0, 0.05) is 6.21 Å². The van der Waals surface area contributed by atoms with Gasteiger partial charge in [0.25, 0.3) is 0 Å². The van der Waals surface area contributed by atoms with Crippen LogP contribution >= 0.6 is 0 Å². The van der Waals surface area contributed by atoms with E-state index in [2.05, 4.69) is 4.99 Å². The average molecular weight is 141 g/mol. The molecule has 0 amide bonds. The molecule has 0 radical (unpaired) electrons. The lowest BCUT2D eigenvalue weighted by Gasteiger charge is -1.81. The minimum Gasteiger partial charge on any atom is -0.229 e. The first kappa shape index (κ1) is 9.08. The molecule has 0 aliphatic rings. The fourth-order valence-corrected chi connectivity index (χ4v) is 0.421. The van der Waals surface area contributed by atoms with E-state index in [9.17, 15) is 4.39 Å². The number of aliphatic imine (C=N–C) groups is 1. The number of halogens is 1. The lowest BCUT2D eigenvalue weighted by atomic mass is 10.5. The van der Waals surface area contributed by atoms with Crippen LogP contribution in [0.15, 0.2) is 29.2 Å². The summed E-state index contributed by atoms with van der Waals surface area (Å²) in [4.78, 5) is 3.49. The molecule has 0 aliphatic carbocycles. The second-order valence-electron chi connectivity index (χ2n) is 1.74. The zero-order valence-corrected chi connectivity index (χ0v) is 6.34. The van der Waals surface area contributed by atoms with Crippen molar-refractivity contribution in [1.29, 1.82) is 0 Å². The van der Waals surface area contributed by atoms with E-state index in [1.807, 2.05) is 13.8 Å². The predicted octanol–water partition coefficient (Wildman–Crippen LogP) is 2.85. The number of hydrogen-bond donors (Lipinski definition) is 0. The molecule has 56 valence electrons. The monoisotopic (exact) mass is 141 g/mol. The largest absolute Gasteiger partial charge is 0.229 e. The maximum Gasteiger partial charge on any atom is 0.208 e. The molecule has 1 nitrogen and oxygen atoms in total. The van der Waals surface area contributed by atoms with E-state index >= 15 is 0 Å². The summed E-state index contributed by atoms with van der Waals surface area (Å²) in [6, 6.07) is 0. The molecule has 0 fully saturated rings. The summed E-state index contributed by atoms with van der Waals surface area (Å²) in [5.41, 5.74) is 0. The van der Waals surface area contributed by atoms with Gasteiger partial charge in [-0.15, -0.1) is 0 Å². The average Bonchev–Trinajstić information content (AvgIpc) is 1.89. The van der Waals surface area contributed by atoms with Crippen molar-refractivity contribution in [3.8, 4) is 0 Å². The van der Waals surface area contributed by atoms with Crippen molar-refractivity contribution in [3.05, 3.63) is 24.2 Å². The van der Waals surface area contributed by atoms with Crippen LogP contribution in [0, 0.1) is 0 Å². The van der Waals surface area contributed by atoms with Crippen LogP contribution < -0.4 is 0 Å². The van der Waals surface area contributed by atoms with Gasteiger partial charge in [0.05, 0.1) is 0 Å². The van der Waals surface area contributed by atoms with Crippen LogP contribution in [0.2, 0.25) is 0 Å². The summed E-state index contributed by atoms with van der Waals surface area (Å²) in [5.74, 6) is -0.416. The smallest absolute Gasteiger partial charge is 0.208 e. The Morgan fingerprint density at radius 2 is 2.30 bits per heavy atom. The van der Waals surface area contributed by atoms with Crippen LogP contribution in [-0.2, 0) is 0 Å². The van der Waals surface area contributed by atoms with Gasteiger partial charge in [-0.25, -0.2) is 4.99 Å². The molecule has 0 rings (SSSR count). The fourth-order valence-electron chi connectivity index (χ4n) is 0.421. The molecule has 10 heavy (non-hydrogen) atoms. The van der Waals surface area contributed by atoms with Gasteiger partial charge >= 0.3 is 0 Å². The number of allylic oxidation sites excluding steroid dienone is 3. The quantitative estimate of drug-likeness (QED) is 0.423. The molecule has 0 unspecified atom stereocenters. The first-order chi connectivity index (χ1) is 4.81. The van der Waals surface area contributed by atoms with Gasteiger partial charge in [0.1, 0.15) is 0 Å². The van der Waals surface area contributed by atoms with E-state index < -0.39 is 5.95 Å². The SMILES string of the molecule is C\C=C/C=N\C(F)=C/CC. The van der Waals surface area contributed by atoms with E-state index in [4.69, 9.17) is 0 Å². The maximum absolute atomic E-state index is 12.4. The molecule has 0 atom stereocenters. The van der Waals surface area contributed by atoms with E-state index in [0.717, 1.165) is 0 Å². The van der Waals surface area contributed by atoms with Gasteiger partial charge in [-0.1, -0.05) is 13.0 Å². The molecular formula is C8H12FN. The zero-order chi connectivity index (χ0) is 7.82. The maximum atomic E-state index is 12.4. The van der Waals surface area contributed by atoms with Crippen LogP contribution in [0.25, 0.3) is 0 Å². The highest BCUT2D eigenvalue weighted by Crippen LogP contribution is 1.97. The van der Waals surface area contributed by atoms with Crippen molar-refractivity contribution in [2.45, 2.75) is 20.3 Å². The first-order valence-electron chi connectivity index (χ1n) is 3.32. The molecule has 0 saturated heterocycles. The van der Waals surface area contributed by atoms with Gasteiger partial charge in [-0.3, -0.25) is 0 Å². The Morgan fingerprint density at radius 1 is 1.60 bits per heavy atom. The van der Waals surface area contributed by atoms with Crippen molar-refractivity contribution in [3.63, 3.8) is 0 Å². The van der Waals surface area contributed by atoms with Crippen LogP contribution in [0.5, 0.6) is 0 Å². The lowest BCUT2D eigenvalue weighted by molar-refractivity contribution is 0.624. The van der Waals surface area contributed by atoms with Gasteiger partial charge in [-0.05, 0) is 25.5 Å². The summed E-state index contributed by atoms with van der Waals surface area (Å²) >= 11 is 0. The van der Waals surface area contributed by atoms with Gasteiger partial charge in [0.2, 0.25) is 5.95 Å². The summed E-state index contributed by atoms with van der Waals surface area (Å²) in [6.45, 7) is 3.72. The summed E-state index contributed by atoms with van der Waals surface area (Å²) in [5, 5.41) is 0. The minimum atomic E-state index is -0.416. The normalized spacial score (nSPS) is 13.7. The van der Waals surface area contributed by atoms with E-state index in [1.165, 1.54) is 12.3 Å². The fraction of sp³-hybridized carbons (Fsp3) is 0.375. The second-order valence-corrected chi connectivity index (χ2v) is 1.74. The number of hydrogen-bond acceptors (Lipinski definition) is 1. The van der Waals surface area contributed by atoms with Crippen molar-refractivity contribution in [2.75, 3.05) is 0 Å². The Kier molecular flexibility index (Phi) is 5.63. The van der Waals surface area contributed by atoms with Crippen molar-refractivity contribution >= 4 is 6.21 Å². The number of rotatable bonds is 3. The molecule has 0 aromatic carbocycles. The van der Waals surface area contributed by atoms with Crippen molar-refractivity contribution in [1.82, 2.24) is 0 Å². The standard InChI is InChI=1S/C8H12FN/c1-3-5-7-10-8(9)6-4-2/h3,5-7H,4H2,1-2H3/b5-3-,8-6-,10-7-. The Labute approximate surface area is 61.0 Å². The molecule has 2 heteroatoms. The Hall–Kier alpha value is -0.920.